The monoisotopic (exact) mass is 282 g/mol. The van der Waals surface area contributed by atoms with Crippen molar-refractivity contribution >= 4 is 0 Å². The molecule has 19 heavy (non-hydrogen) atoms. The molecule has 2 unspecified atom stereocenters. The molecule has 1 heterocycles. The summed E-state index contributed by atoms with van der Waals surface area (Å²) in [4.78, 5) is 2.13. The van der Waals surface area contributed by atoms with E-state index in [1.54, 1.807) is 0 Å². The van der Waals surface area contributed by atoms with Gasteiger partial charge in [0, 0.05) is 31.2 Å². The van der Waals surface area contributed by atoms with E-state index in [0.717, 1.165) is 32.4 Å². The van der Waals surface area contributed by atoms with Gasteiger partial charge in [0.25, 0.3) is 0 Å². The molecule has 1 rings (SSSR count). The molecule has 0 radical (unpaired) electrons. The van der Waals surface area contributed by atoms with Crippen LogP contribution in [0, 0.1) is 0 Å². The van der Waals surface area contributed by atoms with Crippen molar-refractivity contribution in [3.05, 3.63) is 0 Å². The average Bonchev–Trinajstić information content (AvgIpc) is 2.31. The Morgan fingerprint density at radius 1 is 1.37 bits per heavy atom. The van der Waals surface area contributed by atoms with Gasteiger partial charge < -0.3 is 5.32 Å². The Hall–Kier alpha value is -0.330. The predicted octanol–water partition coefficient (Wildman–Crippen LogP) is 2.77. The summed E-state index contributed by atoms with van der Waals surface area (Å²) in [5.74, 6) is 0. The molecule has 114 valence electrons. The van der Waals surface area contributed by atoms with Crippen LogP contribution >= 0.6 is 0 Å². The molecule has 6 heteroatoms. The van der Waals surface area contributed by atoms with E-state index in [2.05, 4.69) is 35.7 Å². The third-order valence-corrected chi connectivity index (χ3v) is 3.88. The summed E-state index contributed by atoms with van der Waals surface area (Å²) in [6, 6.07) is 0.307. The zero-order valence-electron chi connectivity index (χ0n) is 12.0. The number of ether oxygens (including phenoxy) is 1. The Kier molecular flexibility index (Phi) is 6.08. The summed E-state index contributed by atoms with van der Waals surface area (Å²) in [6.07, 6.45) is -1.53. The maximum Gasteiger partial charge on any atom is 0.522 e. The van der Waals surface area contributed by atoms with Gasteiger partial charge in [-0.15, -0.1) is 13.2 Å². The van der Waals surface area contributed by atoms with Crippen LogP contribution in [0.15, 0.2) is 0 Å². The summed E-state index contributed by atoms with van der Waals surface area (Å²) >= 11 is 0. The van der Waals surface area contributed by atoms with Crippen molar-refractivity contribution < 1.29 is 17.9 Å². The molecule has 3 nitrogen and oxygen atoms in total. The van der Waals surface area contributed by atoms with Crippen LogP contribution in [0.3, 0.4) is 0 Å². The van der Waals surface area contributed by atoms with Crippen LogP contribution < -0.4 is 5.32 Å². The van der Waals surface area contributed by atoms with E-state index in [4.69, 9.17) is 0 Å². The van der Waals surface area contributed by atoms with Crippen LogP contribution in [0.1, 0.15) is 40.0 Å². The lowest BCUT2D eigenvalue weighted by atomic mass is 9.92. The average molecular weight is 282 g/mol. The van der Waals surface area contributed by atoms with Crippen LogP contribution in [-0.4, -0.2) is 49.1 Å². The summed E-state index contributed by atoms with van der Waals surface area (Å²) in [6.45, 7) is 7.97. The Balaban J connectivity index is 2.52. The van der Waals surface area contributed by atoms with E-state index in [0.29, 0.717) is 12.6 Å². The van der Waals surface area contributed by atoms with Crippen LogP contribution in [-0.2, 0) is 4.74 Å². The molecule has 0 bridgehead atoms. The predicted molar refractivity (Wildman–Crippen MR) is 69.0 cm³/mol. The highest BCUT2D eigenvalue weighted by Crippen LogP contribution is 2.22. The molecule has 2 atom stereocenters. The Bertz CT molecular complexity index is 273. The largest absolute Gasteiger partial charge is 0.522 e. The fourth-order valence-corrected chi connectivity index (χ4v) is 2.52. The zero-order chi connectivity index (χ0) is 14.5. The highest BCUT2D eigenvalue weighted by atomic mass is 19.4. The van der Waals surface area contributed by atoms with Crippen LogP contribution in [0.4, 0.5) is 13.2 Å². The third-order valence-electron chi connectivity index (χ3n) is 3.88. The topological polar surface area (TPSA) is 24.5 Å². The number of halogens is 3. The highest BCUT2D eigenvalue weighted by molar-refractivity contribution is 4.94. The van der Waals surface area contributed by atoms with Gasteiger partial charge >= 0.3 is 6.36 Å². The molecule has 0 aromatic rings. The molecule has 0 saturated carbocycles. The maximum absolute atomic E-state index is 12.0. The van der Waals surface area contributed by atoms with Crippen molar-refractivity contribution in [2.75, 3.05) is 26.2 Å². The molecule has 1 aliphatic rings. The number of rotatable bonds is 6. The van der Waals surface area contributed by atoms with Crippen molar-refractivity contribution in [2.45, 2.75) is 58.0 Å². The van der Waals surface area contributed by atoms with Crippen molar-refractivity contribution in [2.24, 2.45) is 0 Å². The van der Waals surface area contributed by atoms with E-state index >= 15 is 0 Å². The zero-order valence-corrected chi connectivity index (χ0v) is 12.0. The maximum atomic E-state index is 12.0. The first-order valence-electron chi connectivity index (χ1n) is 6.99. The fraction of sp³-hybridized carbons (Fsp3) is 1.00. The lowest BCUT2D eigenvalue weighted by molar-refractivity contribution is -0.325. The summed E-state index contributed by atoms with van der Waals surface area (Å²) < 4.78 is 40.0. The molecule has 0 spiro atoms. The van der Waals surface area contributed by atoms with Gasteiger partial charge in [-0.25, -0.2) is 0 Å². The number of hydrogen-bond acceptors (Lipinski definition) is 3. The van der Waals surface area contributed by atoms with E-state index in [1.165, 1.54) is 0 Å². The minimum Gasteiger partial charge on any atom is -0.309 e. The van der Waals surface area contributed by atoms with Gasteiger partial charge in [-0.3, -0.25) is 9.64 Å². The van der Waals surface area contributed by atoms with Gasteiger partial charge in [-0.2, -0.15) is 0 Å². The van der Waals surface area contributed by atoms with Crippen molar-refractivity contribution in [3.8, 4) is 0 Å². The van der Waals surface area contributed by atoms with Crippen molar-refractivity contribution in [1.29, 1.82) is 0 Å². The Morgan fingerprint density at radius 3 is 2.58 bits per heavy atom. The van der Waals surface area contributed by atoms with Gasteiger partial charge in [0.1, 0.15) is 0 Å². The number of nitrogens with zero attached hydrogens (tertiary/aromatic N) is 1. The Morgan fingerprint density at radius 2 is 2.05 bits per heavy atom. The summed E-state index contributed by atoms with van der Waals surface area (Å²) in [7, 11) is 0. The van der Waals surface area contributed by atoms with Gasteiger partial charge in [0.2, 0.25) is 0 Å². The number of alkyl halides is 3. The molecular weight excluding hydrogens is 257 g/mol. The molecule has 0 aromatic carbocycles. The number of hydrogen-bond donors (Lipinski definition) is 1. The second-order valence-corrected chi connectivity index (χ2v) is 5.50. The lowest BCUT2D eigenvalue weighted by Crippen LogP contribution is -2.63. The first-order chi connectivity index (χ1) is 8.79. The minimum absolute atomic E-state index is 0.0114. The molecule has 1 N–H and O–H groups in total. The number of nitrogens with one attached hydrogen (secondary N) is 1. The SMILES string of the molecule is CCCC1CNC(C)(CC)CN1CCOC(F)(F)F. The number of piperazine rings is 1. The second-order valence-electron chi connectivity index (χ2n) is 5.50. The minimum atomic E-state index is -4.53. The quantitative estimate of drug-likeness (QED) is 0.810. The standard InChI is InChI=1S/C13H25F3N2O/c1-4-6-11-9-17-12(3,5-2)10-18(11)7-8-19-13(14,15)16/h11,17H,4-10H2,1-3H3. The van der Waals surface area contributed by atoms with Gasteiger partial charge in [-0.1, -0.05) is 20.3 Å². The highest BCUT2D eigenvalue weighted by Gasteiger charge is 2.35. The van der Waals surface area contributed by atoms with E-state index in [9.17, 15) is 13.2 Å². The molecule has 0 aliphatic carbocycles. The second kappa shape index (κ2) is 6.90. The smallest absolute Gasteiger partial charge is 0.309 e. The first kappa shape index (κ1) is 16.7. The third kappa shape index (κ3) is 5.67. The van der Waals surface area contributed by atoms with E-state index < -0.39 is 6.36 Å². The summed E-state index contributed by atoms with van der Waals surface area (Å²) in [5, 5.41) is 3.51. The molecule has 1 aliphatic heterocycles. The molecule has 1 fully saturated rings. The van der Waals surface area contributed by atoms with Gasteiger partial charge in [0.15, 0.2) is 0 Å². The van der Waals surface area contributed by atoms with Crippen LogP contribution in [0.5, 0.6) is 0 Å². The van der Waals surface area contributed by atoms with Crippen LogP contribution in [0.25, 0.3) is 0 Å². The fourth-order valence-electron chi connectivity index (χ4n) is 2.52. The first-order valence-corrected chi connectivity index (χ1v) is 6.99. The molecule has 1 saturated heterocycles. The summed E-state index contributed by atoms with van der Waals surface area (Å²) in [5.41, 5.74) is -0.0114. The van der Waals surface area contributed by atoms with Gasteiger partial charge in [0.05, 0.1) is 6.61 Å². The van der Waals surface area contributed by atoms with Crippen molar-refractivity contribution in [3.63, 3.8) is 0 Å². The lowest BCUT2D eigenvalue weighted by Gasteiger charge is -2.46. The van der Waals surface area contributed by atoms with E-state index in [1.807, 2.05) is 0 Å². The van der Waals surface area contributed by atoms with Gasteiger partial charge in [-0.05, 0) is 19.8 Å². The van der Waals surface area contributed by atoms with Crippen LogP contribution in [0.2, 0.25) is 0 Å². The Labute approximate surface area is 113 Å². The normalized spacial score (nSPS) is 29.7. The van der Waals surface area contributed by atoms with Crippen molar-refractivity contribution in [1.82, 2.24) is 10.2 Å². The molecular formula is C13H25F3N2O. The molecule has 0 aromatic heterocycles. The molecule has 0 amide bonds. The van der Waals surface area contributed by atoms with E-state index in [-0.39, 0.29) is 12.1 Å².